The lowest BCUT2D eigenvalue weighted by molar-refractivity contribution is 0.0657. The number of carbonyl (C=O) groups is 2. The first-order valence-corrected chi connectivity index (χ1v) is 14.5. The molecule has 11 heteroatoms. The number of likely N-dealkylation sites (tertiary alicyclic amines) is 1. The first-order chi connectivity index (χ1) is 20.4. The molecule has 4 heterocycles. The fraction of sp³-hybridized carbons (Fsp3) is 0.226. The normalized spacial score (nSPS) is 12.8. The van der Waals surface area contributed by atoms with Crippen LogP contribution in [0.1, 0.15) is 45.5 Å². The number of nitrogens with zero attached hydrogens (tertiary/aromatic N) is 4. The van der Waals surface area contributed by atoms with Crippen molar-refractivity contribution in [2.24, 2.45) is 0 Å². The van der Waals surface area contributed by atoms with Gasteiger partial charge >= 0.3 is 0 Å². The van der Waals surface area contributed by atoms with Gasteiger partial charge in [-0.3, -0.25) is 24.0 Å². The Bertz CT molecular complexity index is 1870. The van der Waals surface area contributed by atoms with Gasteiger partial charge in [-0.1, -0.05) is 25.1 Å². The van der Waals surface area contributed by atoms with E-state index in [9.17, 15) is 14.4 Å². The molecule has 0 aliphatic carbocycles. The first kappa shape index (κ1) is 27.4. The van der Waals surface area contributed by atoms with Crippen LogP contribution in [0, 0.1) is 12.7 Å². The van der Waals surface area contributed by atoms with E-state index in [0.29, 0.717) is 38.8 Å². The Morgan fingerprint density at radius 1 is 1.07 bits per heavy atom. The summed E-state index contributed by atoms with van der Waals surface area (Å²) in [6.07, 6.45) is 3.31. The zero-order valence-corrected chi connectivity index (χ0v) is 23.9. The van der Waals surface area contributed by atoms with Crippen LogP contribution in [0.15, 0.2) is 71.7 Å². The van der Waals surface area contributed by atoms with Crippen LogP contribution in [0.25, 0.3) is 15.9 Å². The summed E-state index contributed by atoms with van der Waals surface area (Å²) in [4.78, 5) is 46.0. The Balaban J connectivity index is 1.24. The number of hydrogen-bond acceptors (Lipinski definition) is 6. The summed E-state index contributed by atoms with van der Waals surface area (Å²) in [7, 11) is 0. The third-order valence-electron chi connectivity index (χ3n) is 7.20. The molecular weight excluding hydrogens is 557 g/mol. The van der Waals surface area contributed by atoms with Gasteiger partial charge in [0.05, 0.1) is 26.5 Å². The van der Waals surface area contributed by atoms with Crippen molar-refractivity contribution in [1.82, 2.24) is 19.2 Å². The molecule has 0 spiro atoms. The van der Waals surface area contributed by atoms with Crippen molar-refractivity contribution < 1.29 is 18.7 Å². The van der Waals surface area contributed by atoms with E-state index in [1.54, 1.807) is 47.0 Å². The number of thiophene rings is 1. The van der Waals surface area contributed by atoms with Crippen molar-refractivity contribution >= 4 is 39.1 Å². The summed E-state index contributed by atoms with van der Waals surface area (Å²) in [6.45, 7) is 5.75. The maximum absolute atomic E-state index is 15.2. The second kappa shape index (κ2) is 11.2. The van der Waals surface area contributed by atoms with Crippen molar-refractivity contribution in [2.45, 2.75) is 33.2 Å². The van der Waals surface area contributed by atoms with Crippen LogP contribution in [-0.4, -0.2) is 44.2 Å². The molecule has 1 aliphatic rings. The maximum Gasteiger partial charge on any atom is 0.284 e. The molecule has 2 aromatic carbocycles. The summed E-state index contributed by atoms with van der Waals surface area (Å²) >= 11 is 1.26. The summed E-state index contributed by atoms with van der Waals surface area (Å²) in [6, 6.07) is 16.5. The van der Waals surface area contributed by atoms with Gasteiger partial charge in [-0.25, -0.2) is 9.07 Å². The van der Waals surface area contributed by atoms with Crippen LogP contribution in [0.4, 0.5) is 10.1 Å². The number of para-hydroxylation sites is 1. The minimum Gasteiger partial charge on any atom is -0.453 e. The number of nitrogens with one attached hydrogen (secondary N) is 1. The van der Waals surface area contributed by atoms with Gasteiger partial charge in [0.15, 0.2) is 11.6 Å². The summed E-state index contributed by atoms with van der Waals surface area (Å²) in [5.74, 6) is -1.05. The summed E-state index contributed by atoms with van der Waals surface area (Å²) in [5, 5.41) is 2.66. The van der Waals surface area contributed by atoms with Crippen LogP contribution in [0.5, 0.6) is 11.5 Å². The van der Waals surface area contributed by atoms with Crippen LogP contribution >= 0.6 is 11.3 Å². The number of aromatic nitrogens is 3. The predicted molar refractivity (Wildman–Crippen MR) is 160 cm³/mol. The Morgan fingerprint density at radius 3 is 2.55 bits per heavy atom. The smallest absolute Gasteiger partial charge is 0.284 e. The third kappa shape index (κ3) is 4.96. The Kier molecular flexibility index (Phi) is 7.34. The fourth-order valence-corrected chi connectivity index (χ4v) is 6.00. The van der Waals surface area contributed by atoms with E-state index in [1.807, 2.05) is 25.1 Å². The van der Waals surface area contributed by atoms with E-state index in [-0.39, 0.29) is 22.9 Å². The minimum absolute atomic E-state index is 0.00603. The first-order valence-electron chi connectivity index (χ1n) is 13.7. The molecule has 3 aromatic heterocycles. The molecule has 1 aliphatic heterocycles. The molecule has 0 atom stereocenters. The molecule has 214 valence electrons. The average molecular weight is 586 g/mol. The number of amides is 2. The molecular formula is C31H28FN5O4S. The topological polar surface area (TPSA) is 98.5 Å². The van der Waals surface area contributed by atoms with E-state index in [2.05, 4.69) is 10.3 Å². The number of anilines is 1. The van der Waals surface area contributed by atoms with E-state index < -0.39 is 17.3 Å². The molecule has 42 heavy (non-hydrogen) atoms. The molecule has 6 rings (SSSR count). The number of benzene rings is 2. The van der Waals surface area contributed by atoms with Crippen molar-refractivity contribution in [2.75, 3.05) is 18.4 Å². The highest BCUT2D eigenvalue weighted by atomic mass is 32.1. The van der Waals surface area contributed by atoms with Gasteiger partial charge < -0.3 is 15.0 Å². The standard InChI is InChI=1S/C31H28FN5O4S/c1-3-14-36-19(2)27(31(40)37(36)21-8-5-4-6-9-21)29(38)34-20-10-11-24(22(32)17-20)41-25-12-13-33-23-18-26(42-28(23)25)30(39)35-15-7-16-35/h4-6,8-13,17-18H,3,7,14-16H2,1-2H3,(H,34,38). The second-order valence-electron chi connectivity index (χ2n) is 10.0. The second-order valence-corrected chi connectivity index (χ2v) is 11.1. The highest BCUT2D eigenvalue weighted by molar-refractivity contribution is 7.21. The minimum atomic E-state index is -0.701. The Labute approximate surface area is 244 Å². The summed E-state index contributed by atoms with van der Waals surface area (Å²) < 4.78 is 25.0. The molecule has 0 unspecified atom stereocenters. The quantitative estimate of drug-likeness (QED) is 0.241. The lowest BCUT2D eigenvalue weighted by Crippen LogP contribution is -2.41. The Hall–Kier alpha value is -4.77. The zero-order valence-electron chi connectivity index (χ0n) is 23.1. The number of halogens is 1. The molecule has 0 radical (unpaired) electrons. The molecule has 0 saturated carbocycles. The Morgan fingerprint density at radius 2 is 1.86 bits per heavy atom. The van der Waals surface area contributed by atoms with E-state index in [4.69, 9.17) is 4.74 Å². The number of ether oxygens (including phenoxy) is 1. The van der Waals surface area contributed by atoms with Gasteiger partial charge in [0.25, 0.3) is 17.4 Å². The zero-order chi connectivity index (χ0) is 29.4. The number of carbonyl (C=O) groups excluding carboxylic acids is 2. The highest BCUT2D eigenvalue weighted by Gasteiger charge is 2.25. The molecule has 1 saturated heterocycles. The van der Waals surface area contributed by atoms with Crippen molar-refractivity contribution in [3.8, 4) is 17.2 Å². The van der Waals surface area contributed by atoms with Crippen molar-refractivity contribution in [1.29, 1.82) is 0 Å². The van der Waals surface area contributed by atoms with Gasteiger partial charge in [0.1, 0.15) is 11.3 Å². The molecule has 9 nitrogen and oxygen atoms in total. The van der Waals surface area contributed by atoms with Gasteiger partial charge in [0.2, 0.25) is 0 Å². The molecule has 2 amide bonds. The number of rotatable bonds is 8. The molecule has 1 fully saturated rings. The lowest BCUT2D eigenvalue weighted by atomic mass is 10.2. The van der Waals surface area contributed by atoms with Crippen LogP contribution in [-0.2, 0) is 6.54 Å². The lowest BCUT2D eigenvalue weighted by Gasteiger charge is -2.30. The van der Waals surface area contributed by atoms with E-state index in [0.717, 1.165) is 32.0 Å². The molecule has 5 aromatic rings. The van der Waals surface area contributed by atoms with Crippen molar-refractivity contribution in [3.63, 3.8) is 0 Å². The molecule has 0 bridgehead atoms. The third-order valence-corrected chi connectivity index (χ3v) is 8.33. The van der Waals surface area contributed by atoms with Gasteiger partial charge in [-0.05, 0) is 50.1 Å². The predicted octanol–water partition coefficient (Wildman–Crippen LogP) is 6.00. The van der Waals surface area contributed by atoms with E-state index in [1.165, 1.54) is 28.2 Å². The SMILES string of the molecule is CCCn1c(C)c(C(=O)Nc2ccc(Oc3ccnc4cc(C(=O)N5CCC5)sc34)c(F)c2)c(=O)n1-c1ccccc1. The van der Waals surface area contributed by atoms with Gasteiger partial charge in [-0.2, -0.15) is 0 Å². The van der Waals surface area contributed by atoms with Gasteiger partial charge in [-0.15, -0.1) is 11.3 Å². The van der Waals surface area contributed by atoms with Gasteiger partial charge in [0, 0.05) is 43.7 Å². The number of fused-ring (bicyclic) bond motifs is 1. The fourth-order valence-electron chi connectivity index (χ4n) is 4.97. The largest absolute Gasteiger partial charge is 0.453 e. The van der Waals surface area contributed by atoms with E-state index >= 15 is 4.39 Å². The average Bonchev–Trinajstić information content (AvgIpc) is 3.49. The summed E-state index contributed by atoms with van der Waals surface area (Å²) in [5.41, 5.74) is 1.49. The van der Waals surface area contributed by atoms with Crippen molar-refractivity contribution in [3.05, 3.63) is 99.2 Å². The number of hydrogen-bond donors (Lipinski definition) is 1. The van der Waals surface area contributed by atoms with Crippen LogP contribution in [0.2, 0.25) is 0 Å². The van der Waals surface area contributed by atoms with Crippen LogP contribution in [0.3, 0.4) is 0 Å². The number of pyridine rings is 1. The monoisotopic (exact) mass is 585 g/mol. The molecule has 1 N–H and O–H groups in total. The van der Waals surface area contributed by atoms with Crippen LogP contribution < -0.4 is 15.6 Å². The highest BCUT2D eigenvalue weighted by Crippen LogP contribution is 2.37. The maximum atomic E-state index is 15.2.